The lowest BCUT2D eigenvalue weighted by Gasteiger charge is -1.85. The molecule has 0 aromatic heterocycles. The number of rotatable bonds is 1. The second-order valence-corrected chi connectivity index (χ2v) is 2.29. The smallest absolute Gasteiger partial charge is 0.181 e. The molecule has 0 aliphatic rings. The van der Waals surface area contributed by atoms with Gasteiger partial charge in [0, 0.05) is 4.91 Å². The Labute approximate surface area is 45.5 Å². The van der Waals surface area contributed by atoms with Gasteiger partial charge in [0.15, 0.2) is 11.1 Å². The third kappa shape index (κ3) is 2.53. The summed E-state index contributed by atoms with van der Waals surface area (Å²) in [6.45, 7) is 3.33. The van der Waals surface area contributed by atoms with E-state index in [1.807, 2.05) is 0 Å². The normalized spacial score (nSPS) is 16.7. The molecule has 0 aromatic rings. The van der Waals surface area contributed by atoms with Crippen LogP contribution in [-0.4, -0.2) is 8.76 Å². The average Bonchev–Trinajstić information content (AvgIpc) is 1.65. The first-order chi connectivity index (χ1) is 3.18. The largest absolute Gasteiger partial charge is 0.303 e. The Bertz CT molecular complexity index is 106. The van der Waals surface area contributed by atoms with Crippen LogP contribution >= 0.6 is 0 Å². The van der Waals surface area contributed by atoms with E-state index in [1.165, 1.54) is 0 Å². The molecule has 1 N–H and O–H groups in total. The molecular formula is C4H8O2S. The van der Waals surface area contributed by atoms with Crippen LogP contribution in [0.1, 0.15) is 13.8 Å². The van der Waals surface area contributed by atoms with Crippen molar-refractivity contribution >= 4 is 11.1 Å². The van der Waals surface area contributed by atoms with Crippen molar-refractivity contribution < 1.29 is 8.76 Å². The van der Waals surface area contributed by atoms with E-state index in [9.17, 15) is 4.21 Å². The summed E-state index contributed by atoms with van der Waals surface area (Å²) in [4.78, 5) is 0.500. The van der Waals surface area contributed by atoms with Crippen LogP contribution in [0.3, 0.4) is 0 Å². The lowest BCUT2D eigenvalue weighted by Crippen LogP contribution is -1.84. The van der Waals surface area contributed by atoms with Gasteiger partial charge in [-0.1, -0.05) is 6.08 Å². The summed E-state index contributed by atoms with van der Waals surface area (Å²) >= 11 is -1.75. The van der Waals surface area contributed by atoms with Gasteiger partial charge in [-0.15, -0.1) is 0 Å². The molecule has 0 radical (unpaired) electrons. The van der Waals surface area contributed by atoms with Crippen LogP contribution in [0.25, 0.3) is 0 Å². The molecule has 0 spiro atoms. The molecule has 0 rings (SSSR count). The summed E-state index contributed by atoms with van der Waals surface area (Å²) in [5.74, 6) is 0. The zero-order chi connectivity index (χ0) is 5.86. The van der Waals surface area contributed by atoms with Crippen molar-refractivity contribution in [3.8, 4) is 0 Å². The maximum Gasteiger partial charge on any atom is 0.181 e. The van der Waals surface area contributed by atoms with E-state index in [0.717, 1.165) is 0 Å². The molecule has 0 aromatic carbocycles. The van der Waals surface area contributed by atoms with Gasteiger partial charge in [0.25, 0.3) is 0 Å². The van der Waals surface area contributed by atoms with Crippen molar-refractivity contribution in [2.45, 2.75) is 13.8 Å². The standard InChI is InChI=1S/C4H8O2S/c1-3-4(2)7(5)6/h3H,1-2H3,(H,5,6)/b4-3-. The number of hydrogen-bond acceptors (Lipinski definition) is 1. The van der Waals surface area contributed by atoms with E-state index >= 15 is 0 Å². The van der Waals surface area contributed by atoms with Crippen LogP contribution in [0.15, 0.2) is 11.0 Å². The Morgan fingerprint density at radius 2 is 2.29 bits per heavy atom. The van der Waals surface area contributed by atoms with E-state index in [-0.39, 0.29) is 0 Å². The SMILES string of the molecule is C/C=C(/C)S(=O)O. The summed E-state index contributed by atoms with van der Waals surface area (Å²) in [7, 11) is 0. The molecule has 0 saturated carbocycles. The first kappa shape index (κ1) is 6.85. The molecule has 3 heteroatoms. The Kier molecular flexibility index (Phi) is 2.87. The second-order valence-electron chi connectivity index (χ2n) is 1.15. The zero-order valence-electron chi connectivity index (χ0n) is 4.34. The Morgan fingerprint density at radius 1 is 1.86 bits per heavy atom. The van der Waals surface area contributed by atoms with Gasteiger partial charge in [-0.2, -0.15) is 0 Å². The Morgan fingerprint density at radius 3 is 2.29 bits per heavy atom. The summed E-state index contributed by atoms with van der Waals surface area (Å²) < 4.78 is 18.2. The predicted octanol–water partition coefficient (Wildman–Crippen LogP) is 1.13. The van der Waals surface area contributed by atoms with Crippen molar-refractivity contribution in [1.82, 2.24) is 0 Å². The van der Waals surface area contributed by atoms with Gasteiger partial charge in [0.1, 0.15) is 0 Å². The van der Waals surface area contributed by atoms with E-state index < -0.39 is 11.1 Å². The van der Waals surface area contributed by atoms with Gasteiger partial charge in [-0.05, 0) is 13.8 Å². The minimum absolute atomic E-state index is 0.500. The molecule has 0 bridgehead atoms. The van der Waals surface area contributed by atoms with Gasteiger partial charge in [0.05, 0.1) is 0 Å². The Hall–Kier alpha value is -0.150. The highest BCUT2D eigenvalue weighted by molar-refractivity contribution is 7.83. The third-order valence-corrected chi connectivity index (χ3v) is 1.47. The van der Waals surface area contributed by atoms with Crippen molar-refractivity contribution in [2.75, 3.05) is 0 Å². The van der Waals surface area contributed by atoms with E-state index in [0.29, 0.717) is 4.91 Å². The minimum atomic E-state index is -1.75. The van der Waals surface area contributed by atoms with Crippen LogP contribution in [0.2, 0.25) is 0 Å². The second kappa shape index (κ2) is 2.93. The quantitative estimate of drug-likeness (QED) is 0.527. The topological polar surface area (TPSA) is 37.3 Å². The van der Waals surface area contributed by atoms with Crippen molar-refractivity contribution in [3.63, 3.8) is 0 Å². The first-order valence-corrected chi connectivity index (χ1v) is 3.03. The first-order valence-electron chi connectivity index (χ1n) is 1.92. The molecule has 42 valence electrons. The summed E-state index contributed by atoms with van der Waals surface area (Å²) in [5.41, 5.74) is 0. The summed E-state index contributed by atoms with van der Waals surface area (Å²) in [6.07, 6.45) is 1.61. The van der Waals surface area contributed by atoms with Gasteiger partial charge in [-0.25, -0.2) is 4.21 Å². The van der Waals surface area contributed by atoms with E-state index in [4.69, 9.17) is 4.55 Å². The number of allylic oxidation sites excluding steroid dienone is 2. The predicted molar refractivity (Wildman–Crippen MR) is 30.2 cm³/mol. The molecule has 0 aliphatic heterocycles. The van der Waals surface area contributed by atoms with E-state index in [1.54, 1.807) is 19.9 Å². The lowest BCUT2D eigenvalue weighted by molar-refractivity contribution is 0.571. The summed E-state index contributed by atoms with van der Waals surface area (Å²) in [6, 6.07) is 0. The zero-order valence-corrected chi connectivity index (χ0v) is 5.16. The van der Waals surface area contributed by atoms with Crippen LogP contribution < -0.4 is 0 Å². The van der Waals surface area contributed by atoms with Gasteiger partial charge in [0.2, 0.25) is 0 Å². The molecule has 0 amide bonds. The van der Waals surface area contributed by atoms with Gasteiger partial charge in [-0.3, -0.25) is 0 Å². The molecular weight excluding hydrogens is 112 g/mol. The van der Waals surface area contributed by atoms with Crippen molar-refractivity contribution in [1.29, 1.82) is 0 Å². The van der Waals surface area contributed by atoms with Gasteiger partial charge >= 0.3 is 0 Å². The lowest BCUT2D eigenvalue weighted by atomic mass is 10.6. The highest BCUT2D eigenvalue weighted by atomic mass is 32.2. The highest BCUT2D eigenvalue weighted by Crippen LogP contribution is 1.93. The van der Waals surface area contributed by atoms with Crippen molar-refractivity contribution in [2.24, 2.45) is 0 Å². The fraction of sp³-hybridized carbons (Fsp3) is 0.500. The van der Waals surface area contributed by atoms with Crippen LogP contribution in [-0.2, 0) is 11.1 Å². The minimum Gasteiger partial charge on any atom is -0.303 e. The average molecular weight is 120 g/mol. The van der Waals surface area contributed by atoms with Crippen molar-refractivity contribution in [3.05, 3.63) is 11.0 Å². The van der Waals surface area contributed by atoms with Crippen LogP contribution in [0.4, 0.5) is 0 Å². The third-order valence-electron chi connectivity index (χ3n) is 0.682. The fourth-order valence-electron chi connectivity index (χ4n) is 0.101. The number of hydrogen-bond donors (Lipinski definition) is 1. The summed E-state index contributed by atoms with van der Waals surface area (Å²) in [5, 5.41) is 0. The molecule has 0 fully saturated rings. The monoisotopic (exact) mass is 120 g/mol. The molecule has 2 nitrogen and oxygen atoms in total. The molecule has 7 heavy (non-hydrogen) atoms. The fourth-order valence-corrected chi connectivity index (χ4v) is 0.302. The van der Waals surface area contributed by atoms with Crippen LogP contribution in [0.5, 0.6) is 0 Å². The Balaban J connectivity index is 3.82. The highest BCUT2D eigenvalue weighted by Gasteiger charge is 1.89. The molecule has 1 unspecified atom stereocenters. The maximum absolute atomic E-state index is 9.97. The van der Waals surface area contributed by atoms with Crippen LogP contribution in [0, 0.1) is 0 Å². The van der Waals surface area contributed by atoms with E-state index in [2.05, 4.69) is 0 Å². The molecule has 0 saturated heterocycles. The molecule has 0 heterocycles. The molecule has 0 aliphatic carbocycles. The molecule has 1 atom stereocenters. The maximum atomic E-state index is 9.97. The van der Waals surface area contributed by atoms with Gasteiger partial charge < -0.3 is 4.55 Å².